The zero-order chi connectivity index (χ0) is 15.1. The Bertz CT molecular complexity index is 914. The average Bonchev–Trinajstić information content (AvgIpc) is 2.87. The van der Waals surface area contributed by atoms with Crippen LogP contribution in [-0.4, -0.2) is 11.1 Å². The SMILES string of the molecule is Cc1ccc2c(C)c(-c3cc(C(=O)O)co3)c(=O)oc2c1. The van der Waals surface area contributed by atoms with Crippen LogP contribution in [0.2, 0.25) is 0 Å². The van der Waals surface area contributed by atoms with E-state index in [4.69, 9.17) is 13.9 Å². The standard InChI is InChI=1S/C16H12O5/c1-8-3-4-11-9(2)14(16(19)21-12(11)5-8)13-6-10(7-20-13)15(17)18/h3-7H,1-2H3,(H,17,18). The van der Waals surface area contributed by atoms with Crippen LogP contribution in [0.1, 0.15) is 21.5 Å². The summed E-state index contributed by atoms with van der Waals surface area (Å²) in [6, 6.07) is 6.90. The topological polar surface area (TPSA) is 80.6 Å². The van der Waals surface area contributed by atoms with E-state index in [0.717, 1.165) is 17.2 Å². The Morgan fingerprint density at radius 3 is 2.62 bits per heavy atom. The quantitative estimate of drug-likeness (QED) is 0.730. The first-order chi connectivity index (χ1) is 9.97. The lowest BCUT2D eigenvalue weighted by Crippen LogP contribution is -2.05. The van der Waals surface area contributed by atoms with Crippen LogP contribution in [0.25, 0.3) is 22.3 Å². The van der Waals surface area contributed by atoms with Crippen LogP contribution in [-0.2, 0) is 0 Å². The van der Waals surface area contributed by atoms with E-state index in [1.54, 1.807) is 13.0 Å². The number of hydrogen-bond donors (Lipinski definition) is 1. The van der Waals surface area contributed by atoms with Gasteiger partial charge in [0.25, 0.3) is 0 Å². The van der Waals surface area contributed by atoms with E-state index in [1.807, 2.05) is 19.1 Å². The number of fused-ring (bicyclic) bond motifs is 1. The maximum Gasteiger partial charge on any atom is 0.347 e. The lowest BCUT2D eigenvalue weighted by atomic mass is 10.0. The lowest BCUT2D eigenvalue weighted by Gasteiger charge is -2.06. The van der Waals surface area contributed by atoms with Crippen LogP contribution < -0.4 is 5.63 Å². The summed E-state index contributed by atoms with van der Waals surface area (Å²) in [6.07, 6.45) is 1.11. The molecule has 0 bridgehead atoms. The van der Waals surface area contributed by atoms with Gasteiger partial charge >= 0.3 is 11.6 Å². The number of carboxylic acid groups (broad SMARTS) is 1. The number of hydrogen-bond acceptors (Lipinski definition) is 4. The van der Waals surface area contributed by atoms with E-state index in [0.29, 0.717) is 11.1 Å². The molecule has 0 unspecified atom stereocenters. The van der Waals surface area contributed by atoms with Crippen molar-refractivity contribution in [2.75, 3.05) is 0 Å². The van der Waals surface area contributed by atoms with E-state index < -0.39 is 11.6 Å². The van der Waals surface area contributed by atoms with Gasteiger partial charge in [-0.2, -0.15) is 0 Å². The molecule has 0 saturated carbocycles. The molecule has 106 valence electrons. The van der Waals surface area contributed by atoms with E-state index in [2.05, 4.69) is 0 Å². The van der Waals surface area contributed by atoms with Crippen LogP contribution in [0.3, 0.4) is 0 Å². The first-order valence-corrected chi connectivity index (χ1v) is 6.33. The Morgan fingerprint density at radius 2 is 1.95 bits per heavy atom. The first-order valence-electron chi connectivity index (χ1n) is 6.33. The Balaban J connectivity index is 2.29. The molecule has 0 aliphatic carbocycles. The molecule has 3 rings (SSSR count). The molecular formula is C16H12O5. The van der Waals surface area contributed by atoms with Gasteiger partial charge < -0.3 is 13.9 Å². The predicted molar refractivity (Wildman–Crippen MR) is 76.6 cm³/mol. The number of aromatic carboxylic acids is 1. The van der Waals surface area contributed by atoms with Gasteiger partial charge in [-0.25, -0.2) is 9.59 Å². The molecule has 2 aromatic heterocycles. The van der Waals surface area contributed by atoms with Crippen molar-refractivity contribution < 1.29 is 18.7 Å². The molecule has 0 spiro atoms. The Kier molecular flexibility index (Phi) is 2.90. The van der Waals surface area contributed by atoms with Crippen LogP contribution in [0.4, 0.5) is 0 Å². The Hall–Kier alpha value is -2.82. The highest BCUT2D eigenvalue weighted by atomic mass is 16.4. The Morgan fingerprint density at radius 1 is 1.19 bits per heavy atom. The summed E-state index contributed by atoms with van der Waals surface area (Å²) in [4.78, 5) is 23.1. The number of furan rings is 1. The fraction of sp³-hybridized carbons (Fsp3) is 0.125. The molecule has 0 aliphatic heterocycles. The molecular weight excluding hydrogens is 272 g/mol. The molecule has 21 heavy (non-hydrogen) atoms. The third kappa shape index (κ3) is 2.12. The molecule has 2 heterocycles. The third-order valence-corrected chi connectivity index (χ3v) is 3.42. The van der Waals surface area contributed by atoms with Crippen molar-refractivity contribution in [3.05, 3.63) is 57.6 Å². The molecule has 0 fully saturated rings. The smallest absolute Gasteiger partial charge is 0.347 e. The second kappa shape index (κ2) is 4.63. The lowest BCUT2D eigenvalue weighted by molar-refractivity contribution is 0.0696. The second-order valence-corrected chi connectivity index (χ2v) is 4.89. The molecule has 3 aromatic rings. The van der Waals surface area contributed by atoms with Crippen LogP contribution in [0.15, 0.2) is 44.2 Å². The van der Waals surface area contributed by atoms with Crippen molar-refractivity contribution in [1.29, 1.82) is 0 Å². The maximum absolute atomic E-state index is 12.2. The number of aryl methyl sites for hydroxylation is 2. The number of carbonyl (C=O) groups is 1. The van der Waals surface area contributed by atoms with Gasteiger partial charge in [0.15, 0.2) is 0 Å². The fourth-order valence-electron chi connectivity index (χ4n) is 2.33. The second-order valence-electron chi connectivity index (χ2n) is 4.89. The first kappa shape index (κ1) is 13.2. The zero-order valence-corrected chi connectivity index (χ0v) is 11.5. The minimum Gasteiger partial charge on any atom is -0.478 e. The minimum absolute atomic E-state index is 0.00666. The van der Waals surface area contributed by atoms with E-state index in [9.17, 15) is 9.59 Å². The summed E-state index contributed by atoms with van der Waals surface area (Å²) in [6.45, 7) is 3.70. The third-order valence-electron chi connectivity index (χ3n) is 3.42. The van der Waals surface area contributed by atoms with E-state index >= 15 is 0 Å². The highest BCUT2D eigenvalue weighted by Gasteiger charge is 2.18. The summed E-state index contributed by atoms with van der Waals surface area (Å²) in [5, 5.41) is 9.72. The molecule has 0 aliphatic rings. The van der Waals surface area contributed by atoms with Gasteiger partial charge in [-0.3, -0.25) is 0 Å². The Labute approximate surface area is 119 Å². The van der Waals surface area contributed by atoms with Crippen molar-refractivity contribution in [3.63, 3.8) is 0 Å². The van der Waals surface area contributed by atoms with Gasteiger partial charge in [-0.15, -0.1) is 0 Å². The van der Waals surface area contributed by atoms with Crippen LogP contribution >= 0.6 is 0 Å². The highest BCUT2D eigenvalue weighted by Crippen LogP contribution is 2.28. The number of carboxylic acids is 1. The van der Waals surface area contributed by atoms with E-state index in [-0.39, 0.29) is 16.9 Å². The molecule has 0 radical (unpaired) electrons. The van der Waals surface area contributed by atoms with Crippen molar-refractivity contribution in [2.45, 2.75) is 13.8 Å². The normalized spacial score (nSPS) is 11.0. The predicted octanol–water partition coefficient (Wildman–Crippen LogP) is 3.37. The van der Waals surface area contributed by atoms with Gasteiger partial charge in [0.05, 0.1) is 5.56 Å². The summed E-state index contributed by atoms with van der Waals surface area (Å²) < 4.78 is 10.5. The van der Waals surface area contributed by atoms with Gasteiger partial charge in [-0.05, 0) is 37.1 Å². The molecule has 0 amide bonds. The van der Waals surface area contributed by atoms with Gasteiger partial charge in [0, 0.05) is 5.39 Å². The summed E-state index contributed by atoms with van der Waals surface area (Å²) >= 11 is 0. The summed E-state index contributed by atoms with van der Waals surface area (Å²) in [5.41, 5.74) is 1.89. The molecule has 5 heteroatoms. The molecule has 0 saturated heterocycles. The van der Waals surface area contributed by atoms with Crippen LogP contribution in [0, 0.1) is 13.8 Å². The van der Waals surface area contributed by atoms with Gasteiger partial charge in [0.1, 0.15) is 23.2 Å². The summed E-state index contributed by atoms with van der Waals surface area (Å²) in [5.74, 6) is -0.912. The monoisotopic (exact) mass is 284 g/mol. The summed E-state index contributed by atoms with van der Waals surface area (Å²) in [7, 11) is 0. The van der Waals surface area contributed by atoms with Crippen molar-refractivity contribution >= 4 is 16.9 Å². The molecule has 0 atom stereocenters. The van der Waals surface area contributed by atoms with Crippen molar-refractivity contribution in [2.24, 2.45) is 0 Å². The van der Waals surface area contributed by atoms with Crippen molar-refractivity contribution in [3.8, 4) is 11.3 Å². The molecule has 1 N–H and O–H groups in total. The average molecular weight is 284 g/mol. The highest BCUT2D eigenvalue weighted by molar-refractivity contribution is 5.90. The number of rotatable bonds is 2. The van der Waals surface area contributed by atoms with Crippen LogP contribution in [0.5, 0.6) is 0 Å². The zero-order valence-electron chi connectivity index (χ0n) is 11.5. The maximum atomic E-state index is 12.2. The fourth-order valence-corrected chi connectivity index (χ4v) is 2.33. The minimum atomic E-state index is -1.11. The number of benzene rings is 1. The van der Waals surface area contributed by atoms with Crippen molar-refractivity contribution in [1.82, 2.24) is 0 Å². The van der Waals surface area contributed by atoms with Gasteiger partial charge in [0.2, 0.25) is 0 Å². The molecule has 1 aromatic carbocycles. The van der Waals surface area contributed by atoms with E-state index in [1.165, 1.54) is 6.07 Å². The largest absolute Gasteiger partial charge is 0.478 e. The van der Waals surface area contributed by atoms with Gasteiger partial charge in [-0.1, -0.05) is 12.1 Å². The molecule has 5 nitrogen and oxygen atoms in total.